The van der Waals surface area contributed by atoms with Crippen LogP contribution in [0.1, 0.15) is 12.0 Å². The lowest BCUT2D eigenvalue weighted by molar-refractivity contribution is -0.121. The van der Waals surface area contributed by atoms with Crippen molar-refractivity contribution in [2.24, 2.45) is 0 Å². The second-order valence-electron chi connectivity index (χ2n) is 6.24. The number of rotatable bonds is 6. The van der Waals surface area contributed by atoms with Gasteiger partial charge in [-0.15, -0.1) is 0 Å². The molecule has 0 atom stereocenters. The minimum Gasteiger partial charge on any atom is -0.508 e. The van der Waals surface area contributed by atoms with Crippen LogP contribution in [0.15, 0.2) is 41.8 Å². The van der Waals surface area contributed by atoms with Crippen molar-refractivity contribution in [3.05, 3.63) is 53.0 Å². The Morgan fingerprint density at radius 1 is 1.26 bits per heavy atom. The number of amides is 1. The van der Waals surface area contributed by atoms with Gasteiger partial charge in [-0.3, -0.25) is 9.59 Å². The van der Waals surface area contributed by atoms with E-state index in [-0.39, 0.29) is 29.2 Å². The molecule has 0 spiro atoms. The number of imidazole rings is 1. The van der Waals surface area contributed by atoms with E-state index in [4.69, 9.17) is 0 Å². The van der Waals surface area contributed by atoms with E-state index in [9.17, 15) is 14.7 Å². The first kappa shape index (κ1) is 16.8. The highest BCUT2D eigenvalue weighted by atomic mass is 16.3. The SMILES string of the molecule is O=C(CCn1cnc2c(=O)[nH]cnc21)NCCc1c[nH]c2ccc(O)cc12. The molecule has 0 fully saturated rings. The van der Waals surface area contributed by atoms with Gasteiger partial charge in [-0.05, 0) is 30.2 Å². The third-order valence-electron chi connectivity index (χ3n) is 4.45. The molecule has 0 aliphatic rings. The number of carbonyl (C=O) groups excluding carboxylic acids is 1. The van der Waals surface area contributed by atoms with E-state index in [0.717, 1.165) is 16.5 Å². The number of benzene rings is 1. The van der Waals surface area contributed by atoms with Crippen molar-refractivity contribution in [1.29, 1.82) is 0 Å². The molecule has 138 valence electrons. The van der Waals surface area contributed by atoms with E-state index in [1.807, 2.05) is 12.3 Å². The molecule has 0 bridgehead atoms. The van der Waals surface area contributed by atoms with E-state index < -0.39 is 0 Å². The molecule has 0 aliphatic heterocycles. The number of carbonyl (C=O) groups is 1. The first-order valence-corrected chi connectivity index (χ1v) is 8.56. The number of nitrogens with one attached hydrogen (secondary N) is 3. The highest BCUT2D eigenvalue weighted by Crippen LogP contribution is 2.23. The lowest BCUT2D eigenvalue weighted by Gasteiger charge is -2.06. The highest BCUT2D eigenvalue weighted by Gasteiger charge is 2.09. The van der Waals surface area contributed by atoms with Crippen LogP contribution < -0.4 is 10.9 Å². The monoisotopic (exact) mass is 366 g/mol. The van der Waals surface area contributed by atoms with Crippen LogP contribution in [0.25, 0.3) is 22.1 Å². The molecule has 27 heavy (non-hydrogen) atoms. The number of phenols is 1. The molecule has 9 nitrogen and oxygen atoms in total. The number of aromatic amines is 2. The summed E-state index contributed by atoms with van der Waals surface area (Å²) in [6, 6.07) is 5.16. The predicted molar refractivity (Wildman–Crippen MR) is 99.4 cm³/mol. The summed E-state index contributed by atoms with van der Waals surface area (Å²) in [5.74, 6) is 0.122. The first-order valence-electron chi connectivity index (χ1n) is 8.56. The molecule has 3 aromatic heterocycles. The van der Waals surface area contributed by atoms with Gasteiger partial charge in [0.1, 0.15) is 5.75 Å². The summed E-state index contributed by atoms with van der Waals surface area (Å²) in [5.41, 5.74) is 2.41. The van der Waals surface area contributed by atoms with E-state index in [1.54, 1.807) is 16.7 Å². The van der Waals surface area contributed by atoms with Crippen molar-refractivity contribution >= 4 is 28.0 Å². The third kappa shape index (κ3) is 3.39. The summed E-state index contributed by atoms with van der Waals surface area (Å²) in [4.78, 5) is 37.5. The number of nitrogens with zero attached hydrogens (tertiary/aromatic N) is 3. The maximum absolute atomic E-state index is 12.1. The van der Waals surface area contributed by atoms with Crippen molar-refractivity contribution < 1.29 is 9.90 Å². The smallest absolute Gasteiger partial charge is 0.278 e. The Morgan fingerprint density at radius 3 is 3.04 bits per heavy atom. The maximum Gasteiger partial charge on any atom is 0.278 e. The molecule has 1 aromatic carbocycles. The molecular formula is C18H18N6O3. The minimum absolute atomic E-state index is 0.0932. The molecule has 0 unspecified atom stereocenters. The Kier molecular flexibility index (Phi) is 4.33. The zero-order valence-electron chi connectivity index (χ0n) is 14.4. The summed E-state index contributed by atoms with van der Waals surface area (Å²) in [5, 5.41) is 13.5. The van der Waals surface area contributed by atoms with Crippen LogP contribution in [0.3, 0.4) is 0 Å². The number of hydrogen-bond acceptors (Lipinski definition) is 5. The van der Waals surface area contributed by atoms with Crippen LogP contribution in [0, 0.1) is 0 Å². The molecule has 9 heteroatoms. The van der Waals surface area contributed by atoms with E-state index in [0.29, 0.717) is 25.2 Å². The average molecular weight is 366 g/mol. The molecule has 4 aromatic rings. The Bertz CT molecular complexity index is 1170. The number of aromatic hydroxyl groups is 1. The van der Waals surface area contributed by atoms with Gasteiger partial charge in [0.25, 0.3) is 5.56 Å². The Morgan fingerprint density at radius 2 is 2.15 bits per heavy atom. The third-order valence-corrected chi connectivity index (χ3v) is 4.45. The second kappa shape index (κ2) is 6.94. The molecule has 0 saturated carbocycles. The molecule has 1 amide bonds. The summed E-state index contributed by atoms with van der Waals surface area (Å²) in [6.07, 6.45) is 5.63. The fraction of sp³-hybridized carbons (Fsp3) is 0.222. The number of aryl methyl sites for hydroxylation is 1. The summed E-state index contributed by atoms with van der Waals surface area (Å²) in [7, 11) is 0. The van der Waals surface area contributed by atoms with E-state index in [1.165, 1.54) is 12.7 Å². The van der Waals surface area contributed by atoms with Crippen LogP contribution in [0.4, 0.5) is 0 Å². The van der Waals surface area contributed by atoms with Gasteiger partial charge in [0.15, 0.2) is 11.2 Å². The summed E-state index contributed by atoms with van der Waals surface area (Å²) < 4.78 is 1.69. The van der Waals surface area contributed by atoms with Crippen molar-refractivity contribution in [1.82, 2.24) is 29.8 Å². The number of fused-ring (bicyclic) bond motifs is 2. The van der Waals surface area contributed by atoms with Gasteiger partial charge in [-0.2, -0.15) is 0 Å². The van der Waals surface area contributed by atoms with Crippen LogP contribution in [-0.4, -0.2) is 42.1 Å². The maximum atomic E-state index is 12.1. The molecular weight excluding hydrogens is 348 g/mol. The Hall–Kier alpha value is -3.62. The van der Waals surface area contributed by atoms with Gasteiger partial charge in [0.2, 0.25) is 5.91 Å². The highest BCUT2D eigenvalue weighted by molar-refractivity contribution is 5.84. The standard InChI is InChI=1S/C18H18N6O3/c25-12-1-2-14-13(7-12)11(8-20-14)3-5-19-15(26)4-6-24-10-23-16-17(24)21-9-22-18(16)27/h1-2,7-10,20,25H,3-6H2,(H,19,26)(H,21,22,27). The Balaban J connectivity index is 1.32. The summed E-state index contributed by atoms with van der Waals surface area (Å²) >= 11 is 0. The molecule has 4 rings (SSSR count). The second-order valence-corrected chi connectivity index (χ2v) is 6.24. The lowest BCUT2D eigenvalue weighted by atomic mass is 10.1. The molecule has 3 heterocycles. The quantitative estimate of drug-likeness (QED) is 0.405. The van der Waals surface area contributed by atoms with Crippen LogP contribution in [0.2, 0.25) is 0 Å². The zero-order valence-corrected chi connectivity index (χ0v) is 14.4. The van der Waals surface area contributed by atoms with Crippen LogP contribution in [0.5, 0.6) is 5.75 Å². The van der Waals surface area contributed by atoms with Crippen LogP contribution in [-0.2, 0) is 17.8 Å². The van der Waals surface area contributed by atoms with E-state index >= 15 is 0 Å². The van der Waals surface area contributed by atoms with Crippen molar-refractivity contribution in [3.8, 4) is 5.75 Å². The topological polar surface area (TPSA) is 129 Å². The van der Waals surface area contributed by atoms with Crippen LogP contribution >= 0.6 is 0 Å². The fourth-order valence-corrected chi connectivity index (χ4v) is 3.08. The fourth-order valence-electron chi connectivity index (χ4n) is 3.08. The lowest BCUT2D eigenvalue weighted by Crippen LogP contribution is -2.26. The number of phenolic OH excluding ortho intramolecular Hbond substituents is 1. The van der Waals surface area contributed by atoms with Gasteiger partial charge in [-0.1, -0.05) is 0 Å². The molecule has 0 saturated heterocycles. The van der Waals surface area contributed by atoms with E-state index in [2.05, 4.69) is 25.3 Å². The van der Waals surface area contributed by atoms with Crippen molar-refractivity contribution in [2.45, 2.75) is 19.4 Å². The van der Waals surface area contributed by atoms with Gasteiger partial charge in [0, 0.05) is 36.6 Å². The van der Waals surface area contributed by atoms with Gasteiger partial charge in [-0.25, -0.2) is 9.97 Å². The zero-order chi connectivity index (χ0) is 18.8. The molecule has 4 N–H and O–H groups in total. The summed E-state index contributed by atoms with van der Waals surface area (Å²) in [6.45, 7) is 0.879. The Labute approximate surface area is 153 Å². The van der Waals surface area contributed by atoms with Gasteiger partial charge < -0.3 is 25.0 Å². The predicted octanol–water partition coefficient (Wildman–Crippen LogP) is 1.06. The largest absolute Gasteiger partial charge is 0.508 e. The number of aromatic nitrogens is 5. The van der Waals surface area contributed by atoms with Crippen molar-refractivity contribution in [3.63, 3.8) is 0 Å². The average Bonchev–Trinajstić information content (AvgIpc) is 3.25. The number of hydrogen-bond donors (Lipinski definition) is 4. The molecule has 0 aliphatic carbocycles. The normalized spacial score (nSPS) is 11.3. The first-order chi connectivity index (χ1) is 13.1. The van der Waals surface area contributed by atoms with Gasteiger partial charge in [0.05, 0.1) is 12.7 Å². The minimum atomic E-state index is -0.298. The van der Waals surface area contributed by atoms with Crippen molar-refractivity contribution in [2.75, 3.05) is 6.54 Å². The number of H-pyrrole nitrogens is 2. The van der Waals surface area contributed by atoms with Gasteiger partial charge >= 0.3 is 0 Å². The molecule has 0 radical (unpaired) electrons.